The first-order valence-electron chi connectivity index (χ1n) is 4.52. The van der Waals surface area contributed by atoms with Crippen molar-refractivity contribution in [1.82, 2.24) is 9.97 Å². The first-order valence-corrected chi connectivity index (χ1v) is 4.89. The molecule has 0 saturated carbocycles. The van der Waals surface area contributed by atoms with Crippen LogP contribution < -0.4 is 4.74 Å². The van der Waals surface area contributed by atoms with E-state index in [1.165, 1.54) is 31.8 Å². The summed E-state index contributed by atoms with van der Waals surface area (Å²) < 4.78 is 18.3. The van der Waals surface area contributed by atoms with Gasteiger partial charge in [-0.2, -0.15) is 0 Å². The van der Waals surface area contributed by atoms with Crippen molar-refractivity contribution in [3.8, 4) is 16.9 Å². The van der Waals surface area contributed by atoms with Gasteiger partial charge in [0.25, 0.3) is 0 Å². The molecule has 3 nitrogen and oxygen atoms in total. The largest absolute Gasteiger partial charge is 0.494 e. The van der Waals surface area contributed by atoms with E-state index >= 15 is 0 Å². The monoisotopic (exact) mass is 238 g/mol. The van der Waals surface area contributed by atoms with Crippen molar-refractivity contribution in [2.45, 2.75) is 0 Å². The minimum atomic E-state index is -0.445. The molecule has 0 fully saturated rings. The third-order valence-electron chi connectivity index (χ3n) is 2.13. The maximum atomic E-state index is 13.5. The molecule has 2 aromatic rings. The number of ether oxygens (including phenoxy) is 1. The summed E-state index contributed by atoms with van der Waals surface area (Å²) in [6.45, 7) is 0. The fourth-order valence-corrected chi connectivity index (χ4v) is 1.54. The van der Waals surface area contributed by atoms with Gasteiger partial charge in [-0.3, -0.25) is 0 Å². The molecule has 0 amide bonds. The molecule has 0 aliphatic heterocycles. The van der Waals surface area contributed by atoms with Crippen LogP contribution in [0.3, 0.4) is 0 Å². The Balaban J connectivity index is 2.50. The summed E-state index contributed by atoms with van der Waals surface area (Å²) in [7, 11) is 1.41. The topological polar surface area (TPSA) is 35.0 Å². The number of methoxy groups -OCH3 is 1. The first-order chi connectivity index (χ1) is 7.72. The summed E-state index contributed by atoms with van der Waals surface area (Å²) in [4.78, 5) is 7.67. The second-order valence-electron chi connectivity index (χ2n) is 3.08. The Morgan fingerprint density at radius 1 is 1.38 bits per heavy atom. The van der Waals surface area contributed by atoms with Crippen LogP contribution in [0.2, 0.25) is 5.15 Å². The van der Waals surface area contributed by atoms with Crippen LogP contribution in [0.1, 0.15) is 0 Å². The van der Waals surface area contributed by atoms with Crippen LogP contribution in [0.15, 0.2) is 30.7 Å². The van der Waals surface area contributed by atoms with Gasteiger partial charge in [-0.15, -0.1) is 0 Å². The van der Waals surface area contributed by atoms with Crippen molar-refractivity contribution < 1.29 is 9.13 Å². The van der Waals surface area contributed by atoms with Crippen molar-refractivity contribution in [3.63, 3.8) is 0 Å². The summed E-state index contributed by atoms with van der Waals surface area (Å²) in [6.07, 6.45) is 2.88. The van der Waals surface area contributed by atoms with Crippen molar-refractivity contribution in [3.05, 3.63) is 41.7 Å². The third kappa shape index (κ3) is 1.97. The first kappa shape index (κ1) is 10.8. The molecule has 16 heavy (non-hydrogen) atoms. The molecule has 1 aromatic heterocycles. The van der Waals surface area contributed by atoms with Crippen LogP contribution >= 0.6 is 11.6 Å². The number of nitrogens with zero attached hydrogens (tertiary/aromatic N) is 2. The summed E-state index contributed by atoms with van der Waals surface area (Å²) in [5.74, 6) is -0.253. The van der Waals surface area contributed by atoms with E-state index in [0.717, 1.165) is 0 Å². The van der Waals surface area contributed by atoms with Gasteiger partial charge in [0.15, 0.2) is 11.6 Å². The Morgan fingerprint density at radius 2 is 2.19 bits per heavy atom. The molecule has 0 radical (unpaired) electrons. The number of hydrogen-bond donors (Lipinski definition) is 0. The van der Waals surface area contributed by atoms with Crippen LogP contribution in [0.4, 0.5) is 4.39 Å². The van der Waals surface area contributed by atoms with E-state index in [-0.39, 0.29) is 5.75 Å². The molecular weight excluding hydrogens is 231 g/mol. The molecule has 1 heterocycles. The molecule has 0 aliphatic rings. The van der Waals surface area contributed by atoms with E-state index < -0.39 is 5.82 Å². The Morgan fingerprint density at radius 3 is 2.81 bits per heavy atom. The standard InChI is InChI=1S/C11H8ClFN2O/c1-16-10-3-2-7(4-9(10)13)8-5-14-6-15-11(8)12/h2-6H,1H3. The van der Waals surface area contributed by atoms with Gasteiger partial charge in [-0.25, -0.2) is 14.4 Å². The molecule has 0 saturated heterocycles. The average molecular weight is 239 g/mol. The zero-order valence-corrected chi connectivity index (χ0v) is 9.20. The van der Waals surface area contributed by atoms with Gasteiger partial charge < -0.3 is 4.74 Å². The Labute approximate surface area is 96.9 Å². The summed E-state index contributed by atoms with van der Waals surface area (Å²) in [5.41, 5.74) is 1.20. The van der Waals surface area contributed by atoms with Gasteiger partial charge >= 0.3 is 0 Å². The smallest absolute Gasteiger partial charge is 0.165 e. The molecule has 0 unspecified atom stereocenters. The van der Waals surface area contributed by atoms with Crippen LogP contribution in [0.25, 0.3) is 11.1 Å². The summed E-state index contributed by atoms with van der Waals surface area (Å²) in [6, 6.07) is 4.57. The minimum absolute atomic E-state index is 0.191. The lowest BCUT2D eigenvalue weighted by Crippen LogP contribution is -1.90. The molecule has 5 heteroatoms. The Hall–Kier alpha value is -1.68. The predicted octanol–water partition coefficient (Wildman–Crippen LogP) is 2.94. The molecule has 0 N–H and O–H groups in total. The second kappa shape index (κ2) is 4.45. The molecule has 0 spiro atoms. The number of benzene rings is 1. The molecule has 1 aromatic carbocycles. The Kier molecular flexibility index (Phi) is 3.01. The van der Waals surface area contributed by atoms with Gasteiger partial charge in [-0.05, 0) is 17.7 Å². The Bertz CT molecular complexity index is 519. The SMILES string of the molecule is COc1ccc(-c2cncnc2Cl)cc1F. The zero-order chi connectivity index (χ0) is 11.5. The fourth-order valence-electron chi connectivity index (χ4n) is 1.34. The summed E-state index contributed by atoms with van der Waals surface area (Å²) in [5, 5.41) is 0.291. The highest BCUT2D eigenvalue weighted by Gasteiger charge is 2.08. The average Bonchev–Trinajstić information content (AvgIpc) is 2.29. The lowest BCUT2D eigenvalue weighted by molar-refractivity contribution is 0.386. The van der Waals surface area contributed by atoms with E-state index in [9.17, 15) is 4.39 Å². The predicted molar refractivity (Wildman–Crippen MR) is 59.0 cm³/mol. The number of aromatic nitrogens is 2. The molecule has 82 valence electrons. The van der Waals surface area contributed by atoms with Crippen molar-refractivity contribution in [2.75, 3.05) is 7.11 Å². The third-order valence-corrected chi connectivity index (χ3v) is 2.43. The van der Waals surface area contributed by atoms with E-state index in [4.69, 9.17) is 16.3 Å². The van der Waals surface area contributed by atoms with Gasteiger partial charge in [0.1, 0.15) is 11.5 Å². The van der Waals surface area contributed by atoms with Crippen LogP contribution in [0.5, 0.6) is 5.75 Å². The molecule has 0 bridgehead atoms. The van der Waals surface area contributed by atoms with E-state index in [0.29, 0.717) is 16.3 Å². The van der Waals surface area contributed by atoms with Crippen molar-refractivity contribution in [1.29, 1.82) is 0 Å². The molecule has 2 rings (SSSR count). The maximum absolute atomic E-state index is 13.5. The van der Waals surface area contributed by atoms with Gasteiger partial charge in [-0.1, -0.05) is 17.7 Å². The van der Waals surface area contributed by atoms with Crippen molar-refractivity contribution in [2.24, 2.45) is 0 Å². The minimum Gasteiger partial charge on any atom is -0.494 e. The number of rotatable bonds is 2. The van der Waals surface area contributed by atoms with E-state index in [2.05, 4.69) is 9.97 Å². The normalized spacial score (nSPS) is 10.2. The van der Waals surface area contributed by atoms with E-state index in [1.54, 1.807) is 6.07 Å². The van der Waals surface area contributed by atoms with Gasteiger partial charge in [0.2, 0.25) is 0 Å². The quantitative estimate of drug-likeness (QED) is 0.755. The van der Waals surface area contributed by atoms with Gasteiger partial charge in [0.05, 0.1) is 7.11 Å². The van der Waals surface area contributed by atoms with Crippen molar-refractivity contribution >= 4 is 11.6 Å². The van der Waals surface area contributed by atoms with Crippen LogP contribution in [0, 0.1) is 5.82 Å². The van der Waals surface area contributed by atoms with Crippen LogP contribution in [-0.2, 0) is 0 Å². The highest BCUT2D eigenvalue weighted by molar-refractivity contribution is 6.32. The molecule has 0 aliphatic carbocycles. The zero-order valence-electron chi connectivity index (χ0n) is 8.45. The van der Waals surface area contributed by atoms with E-state index in [1.807, 2.05) is 0 Å². The molecule has 0 atom stereocenters. The number of halogens is 2. The maximum Gasteiger partial charge on any atom is 0.165 e. The van der Waals surface area contributed by atoms with Gasteiger partial charge in [0, 0.05) is 11.8 Å². The lowest BCUT2D eigenvalue weighted by atomic mass is 10.1. The highest BCUT2D eigenvalue weighted by Crippen LogP contribution is 2.28. The lowest BCUT2D eigenvalue weighted by Gasteiger charge is -2.05. The van der Waals surface area contributed by atoms with Crippen LogP contribution in [-0.4, -0.2) is 17.1 Å². The number of hydrogen-bond acceptors (Lipinski definition) is 3. The highest BCUT2D eigenvalue weighted by atomic mass is 35.5. The molecular formula is C11H8ClFN2O. The fraction of sp³-hybridized carbons (Fsp3) is 0.0909. The summed E-state index contributed by atoms with van der Waals surface area (Å²) >= 11 is 5.88. The second-order valence-corrected chi connectivity index (χ2v) is 3.43.